The predicted octanol–water partition coefficient (Wildman–Crippen LogP) is 1.85. The van der Waals surface area contributed by atoms with Gasteiger partial charge in [-0.05, 0) is 44.0 Å². The van der Waals surface area contributed by atoms with E-state index in [-0.39, 0.29) is 18.3 Å². The first-order valence-electron chi connectivity index (χ1n) is 6.96. The zero-order chi connectivity index (χ0) is 14.4. The Morgan fingerprint density at radius 3 is 2.81 bits per heavy atom. The Morgan fingerprint density at radius 1 is 1.38 bits per heavy atom. The second-order valence-electron chi connectivity index (χ2n) is 4.94. The summed E-state index contributed by atoms with van der Waals surface area (Å²) in [5, 5.41) is 6.28. The Morgan fingerprint density at radius 2 is 2.19 bits per heavy atom. The van der Waals surface area contributed by atoms with Gasteiger partial charge in [0, 0.05) is 6.54 Å². The normalized spacial score (nSPS) is 17.0. The maximum atomic E-state index is 12.2. The van der Waals surface area contributed by atoms with Crippen LogP contribution in [0.5, 0.6) is 11.5 Å². The zero-order valence-electron chi connectivity index (χ0n) is 12.5. The number of hydrogen-bond donors (Lipinski definition) is 2. The van der Waals surface area contributed by atoms with Crippen LogP contribution in [0.2, 0.25) is 0 Å². The van der Waals surface area contributed by atoms with E-state index < -0.39 is 0 Å². The Hall–Kier alpha value is -1.46. The van der Waals surface area contributed by atoms with E-state index >= 15 is 0 Å². The van der Waals surface area contributed by atoms with Gasteiger partial charge in [0.05, 0.1) is 19.8 Å². The standard InChI is InChI=1S/C15H22N2O3.ClH/c1-19-13-5-3-4-12(14(13)20-2)15(18)17-9-7-11-6-8-16-10-11;/h3-5,11,16H,6-10H2,1-2H3,(H,17,18);1H. The minimum Gasteiger partial charge on any atom is -0.493 e. The van der Waals surface area contributed by atoms with E-state index in [2.05, 4.69) is 10.6 Å². The third kappa shape index (κ3) is 4.51. The van der Waals surface area contributed by atoms with Crippen molar-refractivity contribution in [1.29, 1.82) is 0 Å². The van der Waals surface area contributed by atoms with Crippen LogP contribution >= 0.6 is 12.4 Å². The number of methoxy groups -OCH3 is 2. The number of carbonyl (C=O) groups excluding carboxylic acids is 1. The summed E-state index contributed by atoms with van der Waals surface area (Å²) in [6, 6.07) is 5.31. The molecule has 5 nitrogen and oxygen atoms in total. The van der Waals surface area contributed by atoms with E-state index in [1.807, 2.05) is 0 Å². The van der Waals surface area contributed by atoms with Crippen LogP contribution in [0.25, 0.3) is 0 Å². The minimum absolute atomic E-state index is 0. The molecule has 1 aromatic carbocycles. The van der Waals surface area contributed by atoms with Gasteiger partial charge >= 0.3 is 0 Å². The molecule has 1 heterocycles. The molecular weight excluding hydrogens is 292 g/mol. The van der Waals surface area contributed by atoms with Crippen molar-refractivity contribution in [2.24, 2.45) is 5.92 Å². The maximum Gasteiger partial charge on any atom is 0.255 e. The highest BCUT2D eigenvalue weighted by Gasteiger charge is 2.17. The molecule has 118 valence electrons. The molecule has 6 heteroatoms. The average molecular weight is 315 g/mol. The van der Waals surface area contributed by atoms with E-state index in [9.17, 15) is 4.79 Å². The maximum absolute atomic E-state index is 12.2. The van der Waals surface area contributed by atoms with Crippen LogP contribution in [0.4, 0.5) is 0 Å². The molecule has 0 aromatic heterocycles. The molecule has 1 fully saturated rings. The van der Waals surface area contributed by atoms with Gasteiger partial charge in [0.15, 0.2) is 11.5 Å². The summed E-state index contributed by atoms with van der Waals surface area (Å²) >= 11 is 0. The lowest BCUT2D eigenvalue weighted by molar-refractivity contribution is 0.0948. The van der Waals surface area contributed by atoms with Crippen LogP contribution < -0.4 is 20.1 Å². The third-order valence-electron chi connectivity index (χ3n) is 3.65. The van der Waals surface area contributed by atoms with Gasteiger partial charge in [0.1, 0.15) is 0 Å². The van der Waals surface area contributed by atoms with E-state index in [0.29, 0.717) is 29.5 Å². The molecule has 1 aliphatic rings. The minimum atomic E-state index is -0.119. The van der Waals surface area contributed by atoms with Gasteiger partial charge in [0.25, 0.3) is 5.91 Å². The Kier molecular flexibility index (Phi) is 7.32. The number of amides is 1. The van der Waals surface area contributed by atoms with Crippen molar-refractivity contribution in [3.8, 4) is 11.5 Å². The summed E-state index contributed by atoms with van der Waals surface area (Å²) < 4.78 is 10.5. The second kappa shape index (κ2) is 8.74. The van der Waals surface area contributed by atoms with Crippen molar-refractivity contribution in [2.45, 2.75) is 12.8 Å². The number of para-hydroxylation sites is 1. The number of rotatable bonds is 6. The van der Waals surface area contributed by atoms with Crippen molar-refractivity contribution < 1.29 is 14.3 Å². The lowest BCUT2D eigenvalue weighted by atomic mass is 10.1. The molecule has 1 aliphatic heterocycles. The first-order valence-corrected chi connectivity index (χ1v) is 6.96. The first-order chi connectivity index (χ1) is 9.76. The van der Waals surface area contributed by atoms with Gasteiger partial charge in [-0.1, -0.05) is 6.07 Å². The van der Waals surface area contributed by atoms with Crippen LogP contribution in [0, 0.1) is 5.92 Å². The molecule has 1 atom stereocenters. The fourth-order valence-corrected chi connectivity index (χ4v) is 2.51. The van der Waals surface area contributed by atoms with Crippen LogP contribution in [-0.4, -0.2) is 39.8 Å². The molecule has 2 N–H and O–H groups in total. The fourth-order valence-electron chi connectivity index (χ4n) is 2.51. The number of ether oxygens (including phenoxy) is 2. The summed E-state index contributed by atoms with van der Waals surface area (Å²) in [6.45, 7) is 2.83. The number of hydrogen-bond acceptors (Lipinski definition) is 4. The Balaban J connectivity index is 0.00000220. The highest BCUT2D eigenvalue weighted by Crippen LogP contribution is 2.30. The topological polar surface area (TPSA) is 59.6 Å². The zero-order valence-corrected chi connectivity index (χ0v) is 13.3. The highest BCUT2D eigenvalue weighted by atomic mass is 35.5. The molecule has 21 heavy (non-hydrogen) atoms. The summed E-state index contributed by atoms with van der Waals surface area (Å²) in [7, 11) is 3.10. The molecule has 0 spiro atoms. The van der Waals surface area contributed by atoms with Crippen molar-refractivity contribution in [2.75, 3.05) is 33.9 Å². The predicted molar refractivity (Wildman–Crippen MR) is 84.7 cm³/mol. The van der Waals surface area contributed by atoms with E-state index in [0.717, 1.165) is 19.5 Å². The lowest BCUT2D eigenvalue weighted by Crippen LogP contribution is -2.26. The summed E-state index contributed by atoms with van der Waals surface area (Å²) in [4.78, 5) is 12.2. The molecular formula is C15H23ClN2O3. The third-order valence-corrected chi connectivity index (χ3v) is 3.65. The largest absolute Gasteiger partial charge is 0.493 e. The van der Waals surface area contributed by atoms with Crippen LogP contribution in [0.15, 0.2) is 18.2 Å². The van der Waals surface area contributed by atoms with E-state index in [1.165, 1.54) is 6.42 Å². The molecule has 2 rings (SSSR count). The summed E-state index contributed by atoms with van der Waals surface area (Å²) in [5.41, 5.74) is 0.511. The van der Waals surface area contributed by atoms with Gasteiger partial charge < -0.3 is 20.1 Å². The Bertz CT molecular complexity index is 462. The molecule has 0 radical (unpaired) electrons. The number of carbonyl (C=O) groups is 1. The van der Waals surface area contributed by atoms with Crippen molar-refractivity contribution in [1.82, 2.24) is 10.6 Å². The second-order valence-corrected chi connectivity index (χ2v) is 4.94. The van der Waals surface area contributed by atoms with Crippen LogP contribution in [-0.2, 0) is 0 Å². The van der Waals surface area contributed by atoms with Gasteiger partial charge in [-0.3, -0.25) is 4.79 Å². The quantitative estimate of drug-likeness (QED) is 0.841. The smallest absolute Gasteiger partial charge is 0.255 e. The number of halogens is 1. The number of nitrogens with one attached hydrogen (secondary N) is 2. The Labute approximate surface area is 131 Å². The van der Waals surface area contributed by atoms with Gasteiger partial charge in [-0.15, -0.1) is 12.4 Å². The van der Waals surface area contributed by atoms with Crippen LogP contribution in [0.1, 0.15) is 23.2 Å². The molecule has 1 amide bonds. The molecule has 1 saturated heterocycles. The molecule has 0 aliphatic carbocycles. The highest BCUT2D eigenvalue weighted by molar-refractivity contribution is 5.97. The van der Waals surface area contributed by atoms with E-state index in [1.54, 1.807) is 32.4 Å². The molecule has 0 bridgehead atoms. The van der Waals surface area contributed by atoms with Crippen LogP contribution in [0.3, 0.4) is 0 Å². The van der Waals surface area contributed by atoms with Gasteiger partial charge in [-0.25, -0.2) is 0 Å². The monoisotopic (exact) mass is 314 g/mol. The van der Waals surface area contributed by atoms with Crippen molar-refractivity contribution in [3.05, 3.63) is 23.8 Å². The lowest BCUT2D eigenvalue weighted by Gasteiger charge is -2.13. The summed E-state index contributed by atoms with van der Waals surface area (Å²) in [5.74, 6) is 1.60. The van der Waals surface area contributed by atoms with Gasteiger partial charge in [0.2, 0.25) is 0 Å². The van der Waals surface area contributed by atoms with E-state index in [4.69, 9.17) is 9.47 Å². The molecule has 1 unspecified atom stereocenters. The van der Waals surface area contributed by atoms with Gasteiger partial charge in [-0.2, -0.15) is 0 Å². The SMILES string of the molecule is COc1cccc(C(=O)NCCC2CCNC2)c1OC.Cl. The molecule has 1 aromatic rings. The number of benzene rings is 1. The molecule has 0 saturated carbocycles. The average Bonchev–Trinajstić information content (AvgIpc) is 2.99. The fraction of sp³-hybridized carbons (Fsp3) is 0.533. The summed E-state index contributed by atoms with van der Waals surface area (Å²) in [6.07, 6.45) is 2.20. The van der Waals surface area contributed by atoms with Crippen molar-refractivity contribution >= 4 is 18.3 Å². The van der Waals surface area contributed by atoms with Crippen molar-refractivity contribution in [3.63, 3.8) is 0 Å². The first kappa shape index (κ1) is 17.6.